The van der Waals surface area contributed by atoms with Gasteiger partial charge in [0.15, 0.2) is 0 Å². The monoisotopic (exact) mass is 415 g/mol. The van der Waals surface area contributed by atoms with Crippen molar-refractivity contribution in [2.24, 2.45) is 10.3 Å². The number of amidine groups is 1. The zero-order valence-corrected chi connectivity index (χ0v) is 17.7. The third kappa shape index (κ3) is 3.37. The minimum atomic E-state index is -3.76. The lowest BCUT2D eigenvalue weighted by Crippen LogP contribution is -2.49. The lowest BCUT2D eigenvalue weighted by molar-refractivity contribution is 0.0390. The highest BCUT2D eigenvalue weighted by molar-refractivity contribution is 7.90. The smallest absolute Gasteiger partial charge is 0.286 e. The lowest BCUT2D eigenvalue weighted by Gasteiger charge is -2.44. The maximum atomic E-state index is 13.4. The molecule has 1 aliphatic carbocycles. The number of sulfonamides is 1. The number of rotatable bonds is 1. The predicted octanol–water partition coefficient (Wildman–Crippen LogP) is 3.96. The van der Waals surface area contributed by atoms with Gasteiger partial charge in [-0.3, -0.25) is 4.79 Å². The van der Waals surface area contributed by atoms with Crippen LogP contribution in [0.15, 0.2) is 27.5 Å². The molecular formula is C22H29N3O3S. The first-order chi connectivity index (χ1) is 14.0. The Morgan fingerprint density at radius 1 is 0.966 bits per heavy atom. The Morgan fingerprint density at radius 3 is 2.69 bits per heavy atom. The van der Waals surface area contributed by atoms with E-state index in [4.69, 9.17) is 0 Å². The lowest BCUT2D eigenvalue weighted by atomic mass is 9.78. The standard InChI is InChI=1S/C22H29N3O3S/c26-22(25-14-6-8-16-7-3-4-9-18(16)25)17-11-12-19-20(15-17)29(27,28)23-21-10-2-1-5-13-24(19)21/h11-12,15-16,18H,1-10,13-14H2. The van der Waals surface area contributed by atoms with Gasteiger partial charge in [-0.1, -0.05) is 19.3 Å². The van der Waals surface area contributed by atoms with Gasteiger partial charge in [0.1, 0.15) is 10.7 Å². The Balaban J connectivity index is 1.49. The Morgan fingerprint density at radius 2 is 1.79 bits per heavy atom. The minimum absolute atomic E-state index is 0.0229. The van der Waals surface area contributed by atoms with E-state index in [-0.39, 0.29) is 10.8 Å². The number of benzene rings is 1. The highest BCUT2D eigenvalue weighted by Gasteiger charge is 2.37. The fourth-order valence-electron chi connectivity index (χ4n) is 5.66. The van der Waals surface area contributed by atoms with Crippen LogP contribution in [0.5, 0.6) is 0 Å². The number of amides is 1. The van der Waals surface area contributed by atoms with E-state index in [0.717, 1.165) is 45.2 Å². The SMILES string of the molecule is O=C(c1ccc2c(c1)S(=O)(=O)N=C1CCCCCN12)N1CCCC2CCCCC21. The maximum absolute atomic E-state index is 13.4. The van der Waals surface area contributed by atoms with Crippen LogP contribution >= 0.6 is 0 Å². The zero-order chi connectivity index (χ0) is 20.0. The Hall–Kier alpha value is -1.89. The topological polar surface area (TPSA) is 70.0 Å². The van der Waals surface area contributed by atoms with Gasteiger partial charge in [0.05, 0.1) is 5.69 Å². The molecule has 156 valence electrons. The second-order valence-electron chi connectivity index (χ2n) is 8.88. The summed E-state index contributed by atoms with van der Waals surface area (Å²) in [5.41, 5.74) is 1.16. The molecule has 29 heavy (non-hydrogen) atoms. The summed E-state index contributed by atoms with van der Waals surface area (Å²) in [6.07, 6.45) is 10.7. The van der Waals surface area contributed by atoms with Crippen LogP contribution < -0.4 is 4.90 Å². The van der Waals surface area contributed by atoms with Crippen molar-refractivity contribution in [2.75, 3.05) is 18.0 Å². The number of piperidine rings is 1. The van der Waals surface area contributed by atoms with Crippen molar-refractivity contribution in [3.05, 3.63) is 23.8 Å². The molecule has 5 rings (SSSR count). The van der Waals surface area contributed by atoms with Crippen molar-refractivity contribution in [1.29, 1.82) is 0 Å². The van der Waals surface area contributed by atoms with Gasteiger partial charge in [-0.05, 0) is 62.6 Å². The molecule has 0 N–H and O–H groups in total. The molecule has 2 unspecified atom stereocenters. The summed E-state index contributed by atoms with van der Waals surface area (Å²) in [7, 11) is -3.76. The number of carbonyl (C=O) groups excluding carboxylic acids is 1. The van der Waals surface area contributed by atoms with Gasteiger partial charge < -0.3 is 9.80 Å². The van der Waals surface area contributed by atoms with E-state index >= 15 is 0 Å². The molecule has 2 saturated heterocycles. The van der Waals surface area contributed by atoms with E-state index in [9.17, 15) is 13.2 Å². The van der Waals surface area contributed by atoms with Crippen LogP contribution in [-0.4, -0.2) is 44.2 Å². The van der Waals surface area contributed by atoms with Crippen LogP contribution in [0.3, 0.4) is 0 Å². The number of fused-ring (bicyclic) bond motifs is 4. The first kappa shape index (κ1) is 19.1. The summed E-state index contributed by atoms with van der Waals surface area (Å²) in [5.74, 6) is 1.23. The number of hydrogen-bond acceptors (Lipinski definition) is 4. The summed E-state index contributed by atoms with van der Waals surface area (Å²) in [4.78, 5) is 17.6. The summed E-state index contributed by atoms with van der Waals surface area (Å²) in [6.45, 7) is 1.56. The largest absolute Gasteiger partial charge is 0.335 e. The first-order valence-corrected chi connectivity index (χ1v) is 12.5. The normalized spacial score (nSPS) is 28.5. The number of carbonyl (C=O) groups is 1. The van der Waals surface area contributed by atoms with Crippen molar-refractivity contribution >= 4 is 27.5 Å². The number of nitrogens with zero attached hydrogens (tertiary/aromatic N) is 3. The van der Waals surface area contributed by atoms with Crippen LogP contribution in [-0.2, 0) is 10.0 Å². The number of hydrogen-bond donors (Lipinski definition) is 0. The van der Waals surface area contributed by atoms with Crippen molar-refractivity contribution in [3.8, 4) is 0 Å². The zero-order valence-electron chi connectivity index (χ0n) is 16.8. The maximum Gasteiger partial charge on any atom is 0.286 e. The van der Waals surface area contributed by atoms with Crippen LogP contribution in [0.25, 0.3) is 0 Å². The summed E-state index contributed by atoms with van der Waals surface area (Å²) in [6, 6.07) is 5.53. The van der Waals surface area contributed by atoms with Crippen LogP contribution in [0.2, 0.25) is 0 Å². The highest BCUT2D eigenvalue weighted by Crippen LogP contribution is 2.38. The molecule has 4 aliphatic rings. The third-order valence-electron chi connectivity index (χ3n) is 7.10. The van der Waals surface area contributed by atoms with Crippen LogP contribution in [0.1, 0.15) is 74.6 Å². The van der Waals surface area contributed by atoms with Crippen molar-refractivity contribution in [3.63, 3.8) is 0 Å². The van der Waals surface area contributed by atoms with Crippen molar-refractivity contribution in [1.82, 2.24) is 4.90 Å². The molecule has 1 aromatic rings. The number of likely N-dealkylation sites (tertiary alicyclic amines) is 1. The molecule has 1 aromatic carbocycles. The molecule has 0 spiro atoms. The average molecular weight is 416 g/mol. The van der Waals surface area contributed by atoms with Gasteiger partial charge >= 0.3 is 0 Å². The molecule has 7 heteroatoms. The molecule has 3 fully saturated rings. The molecule has 3 heterocycles. The predicted molar refractivity (Wildman–Crippen MR) is 113 cm³/mol. The van der Waals surface area contributed by atoms with E-state index in [1.807, 2.05) is 21.9 Å². The second kappa shape index (κ2) is 7.42. The quantitative estimate of drug-likeness (QED) is 0.696. The Kier molecular flexibility index (Phi) is 4.88. The fraction of sp³-hybridized carbons (Fsp3) is 0.636. The average Bonchev–Trinajstić information content (AvgIpc) is 2.97. The van der Waals surface area contributed by atoms with Crippen LogP contribution in [0.4, 0.5) is 5.69 Å². The molecule has 2 atom stereocenters. The summed E-state index contributed by atoms with van der Waals surface area (Å²) >= 11 is 0. The van der Waals surface area contributed by atoms with Crippen LogP contribution in [0, 0.1) is 5.92 Å². The van der Waals surface area contributed by atoms with Gasteiger partial charge in [-0.2, -0.15) is 8.42 Å². The first-order valence-electron chi connectivity index (χ1n) is 11.1. The van der Waals surface area contributed by atoms with E-state index in [1.54, 1.807) is 6.07 Å². The highest BCUT2D eigenvalue weighted by atomic mass is 32.2. The van der Waals surface area contributed by atoms with Gasteiger partial charge in [-0.15, -0.1) is 4.40 Å². The van der Waals surface area contributed by atoms with Crippen molar-refractivity contribution in [2.45, 2.75) is 75.1 Å². The third-order valence-corrected chi connectivity index (χ3v) is 8.43. The molecule has 3 aliphatic heterocycles. The molecule has 0 aromatic heterocycles. The summed E-state index contributed by atoms with van der Waals surface area (Å²) < 4.78 is 29.9. The molecular weight excluding hydrogens is 386 g/mol. The van der Waals surface area contributed by atoms with Crippen molar-refractivity contribution < 1.29 is 13.2 Å². The van der Waals surface area contributed by atoms with E-state index < -0.39 is 10.0 Å². The number of anilines is 1. The molecule has 1 saturated carbocycles. The van der Waals surface area contributed by atoms with Gasteiger partial charge in [-0.25, -0.2) is 0 Å². The molecule has 0 radical (unpaired) electrons. The fourth-order valence-corrected chi connectivity index (χ4v) is 6.94. The van der Waals surface area contributed by atoms with E-state index in [0.29, 0.717) is 35.5 Å². The molecule has 1 amide bonds. The van der Waals surface area contributed by atoms with E-state index in [2.05, 4.69) is 4.40 Å². The van der Waals surface area contributed by atoms with E-state index in [1.165, 1.54) is 25.7 Å². The van der Waals surface area contributed by atoms with Gasteiger partial charge in [0, 0.05) is 31.1 Å². The Labute approximate surface area is 173 Å². The second-order valence-corrected chi connectivity index (χ2v) is 10.5. The summed E-state index contributed by atoms with van der Waals surface area (Å²) in [5, 5.41) is 0. The molecule has 6 nitrogen and oxygen atoms in total. The van der Waals surface area contributed by atoms with Gasteiger partial charge in [0.2, 0.25) is 0 Å². The Bertz CT molecular complexity index is 954. The minimum Gasteiger partial charge on any atom is -0.335 e. The van der Waals surface area contributed by atoms with Gasteiger partial charge in [0.25, 0.3) is 15.9 Å². The molecule has 0 bridgehead atoms.